The van der Waals surface area contributed by atoms with E-state index in [9.17, 15) is 14.4 Å². The predicted molar refractivity (Wildman–Crippen MR) is 165 cm³/mol. The highest BCUT2D eigenvalue weighted by Crippen LogP contribution is 2.29. The molecule has 1 aliphatic carbocycles. The van der Waals surface area contributed by atoms with Gasteiger partial charge in [0.05, 0.1) is 13.5 Å². The largest absolute Gasteiger partial charge is 0.467 e. The van der Waals surface area contributed by atoms with E-state index >= 15 is 0 Å². The number of ether oxygens (including phenoxy) is 1. The van der Waals surface area contributed by atoms with Crippen LogP contribution in [0.15, 0.2) is 42.5 Å². The van der Waals surface area contributed by atoms with Crippen molar-refractivity contribution in [3.8, 4) is 11.1 Å². The Hall–Kier alpha value is -2.80. The molecular weight excluding hydrogens is 520 g/mol. The lowest BCUT2D eigenvalue weighted by atomic mass is 9.88. The van der Waals surface area contributed by atoms with Crippen LogP contribution in [-0.2, 0) is 20.7 Å². The van der Waals surface area contributed by atoms with Crippen molar-refractivity contribution >= 4 is 29.5 Å². The third-order valence-corrected chi connectivity index (χ3v) is 8.50. The molecule has 1 N–H and O–H groups in total. The second-order valence-electron chi connectivity index (χ2n) is 10.9. The van der Waals surface area contributed by atoms with Crippen LogP contribution >= 0.6 is 11.8 Å². The number of nitrogens with zero attached hydrogens (tertiary/aromatic N) is 1. The fourth-order valence-corrected chi connectivity index (χ4v) is 5.97. The van der Waals surface area contributed by atoms with Crippen molar-refractivity contribution in [3.05, 3.63) is 59.2 Å². The molecule has 0 aromatic heterocycles. The normalized spacial score (nSPS) is 14.4. The summed E-state index contributed by atoms with van der Waals surface area (Å²) >= 11 is 1.61. The third-order valence-electron chi connectivity index (χ3n) is 7.86. The van der Waals surface area contributed by atoms with Gasteiger partial charge in [-0.15, -0.1) is 0 Å². The zero-order valence-electron chi connectivity index (χ0n) is 24.7. The van der Waals surface area contributed by atoms with Crippen LogP contribution in [-0.4, -0.2) is 60.9 Å². The molecule has 0 saturated heterocycles. The highest BCUT2D eigenvalue weighted by Gasteiger charge is 2.25. The van der Waals surface area contributed by atoms with E-state index in [4.69, 9.17) is 4.74 Å². The van der Waals surface area contributed by atoms with Crippen LogP contribution in [0.5, 0.6) is 0 Å². The minimum Gasteiger partial charge on any atom is -0.467 e. The lowest BCUT2D eigenvalue weighted by Gasteiger charge is -2.30. The number of carbonyl (C=O) groups is 3. The van der Waals surface area contributed by atoms with Crippen LogP contribution in [0.1, 0.15) is 79.8 Å². The van der Waals surface area contributed by atoms with Gasteiger partial charge in [0.15, 0.2) is 0 Å². The van der Waals surface area contributed by atoms with Gasteiger partial charge in [-0.05, 0) is 84.9 Å². The number of methoxy groups -OCH3 is 1. The second-order valence-corrected chi connectivity index (χ2v) is 11.9. The number of esters is 1. The number of benzene rings is 2. The molecule has 0 heterocycles. The Morgan fingerprint density at radius 3 is 2.50 bits per heavy atom. The Kier molecular flexibility index (Phi) is 13.1. The van der Waals surface area contributed by atoms with Gasteiger partial charge in [-0.1, -0.05) is 62.9 Å². The number of rotatable bonds is 14. The monoisotopic (exact) mass is 566 g/mol. The van der Waals surface area contributed by atoms with Crippen LogP contribution in [0.3, 0.4) is 0 Å². The molecule has 218 valence electrons. The van der Waals surface area contributed by atoms with Crippen molar-refractivity contribution in [2.24, 2.45) is 5.92 Å². The standard InChI is InChI=1S/C33H46N2O4S/c1-5-6-19-35(23-25-13-8-7-9-14-25)31(36)22-26-16-17-28(29(21-26)27-15-11-10-12-24(27)2)32(37)34-30(18-20-40-4)33(38)39-3/h10-12,15-17,21,25,30H,5-9,13-14,18-20,22-23H2,1-4H3,(H,34,37). The highest BCUT2D eigenvalue weighted by atomic mass is 32.2. The molecule has 40 heavy (non-hydrogen) atoms. The fourth-order valence-electron chi connectivity index (χ4n) is 5.49. The predicted octanol–water partition coefficient (Wildman–Crippen LogP) is 6.44. The van der Waals surface area contributed by atoms with E-state index in [1.165, 1.54) is 39.2 Å². The van der Waals surface area contributed by atoms with Gasteiger partial charge in [0.25, 0.3) is 5.91 Å². The lowest BCUT2D eigenvalue weighted by Crippen LogP contribution is -2.42. The lowest BCUT2D eigenvalue weighted by molar-refractivity contribution is -0.142. The van der Waals surface area contributed by atoms with Gasteiger partial charge in [-0.25, -0.2) is 4.79 Å². The second kappa shape index (κ2) is 16.5. The quantitative estimate of drug-likeness (QED) is 0.267. The molecule has 2 amide bonds. The number of nitrogens with one attached hydrogen (secondary N) is 1. The van der Waals surface area contributed by atoms with Gasteiger partial charge < -0.3 is 15.0 Å². The average Bonchev–Trinajstić information content (AvgIpc) is 2.97. The molecule has 1 saturated carbocycles. The van der Waals surface area contributed by atoms with Gasteiger partial charge in [-0.3, -0.25) is 9.59 Å². The van der Waals surface area contributed by atoms with Crippen LogP contribution in [0.2, 0.25) is 0 Å². The first kappa shape index (κ1) is 31.7. The summed E-state index contributed by atoms with van der Waals surface area (Å²) < 4.78 is 4.94. The minimum absolute atomic E-state index is 0.148. The van der Waals surface area contributed by atoms with Crippen molar-refractivity contribution in [3.63, 3.8) is 0 Å². The minimum atomic E-state index is -0.720. The van der Waals surface area contributed by atoms with E-state index in [2.05, 4.69) is 17.1 Å². The van der Waals surface area contributed by atoms with E-state index in [1.807, 2.05) is 49.6 Å². The molecule has 0 radical (unpaired) electrons. The van der Waals surface area contributed by atoms with Crippen LogP contribution < -0.4 is 5.32 Å². The molecule has 1 aliphatic rings. The Balaban J connectivity index is 1.88. The highest BCUT2D eigenvalue weighted by molar-refractivity contribution is 7.98. The summed E-state index contributed by atoms with van der Waals surface area (Å²) in [5.74, 6) is 0.690. The number of unbranched alkanes of at least 4 members (excludes halogenated alkanes) is 1. The molecule has 3 rings (SSSR count). The van der Waals surface area contributed by atoms with Crippen LogP contribution in [0.25, 0.3) is 11.1 Å². The molecule has 2 aromatic carbocycles. The molecular formula is C33H46N2O4S. The van der Waals surface area contributed by atoms with E-state index in [0.29, 0.717) is 24.3 Å². The number of amides is 2. The Labute approximate surface area is 244 Å². The van der Waals surface area contributed by atoms with Gasteiger partial charge in [0, 0.05) is 18.7 Å². The summed E-state index contributed by atoms with van der Waals surface area (Å²) in [4.78, 5) is 41.5. The number of hydrogen-bond donors (Lipinski definition) is 1. The first-order valence-electron chi connectivity index (χ1n) is 14.7. The molecule has 7 heteroatoms. The fraction of sp³-hybridized carbons (Fsp3) is 0.545. The first-order valence-corrected chi connectivity index (χ1v) is 16.1. The maximum Gasteiger partial charge on any atom is 0.328 e. The van der Waals surface area contributed by atoms with Gasteiger partial charge in [0.1, 0.15) is 6.04 Å². The summed E-state index contributed by atoms with van der Waals surface area (Å²) in [6.07, 6.45) is 11.1. The summed E-state index contributed by atoms with van der Waals surface area (Å²) in [6.45, 7) is 5.81. The van der Waals surface area contributed by atoms with E-state index in [-0.39, 0.29) is 11.8 Å². The molecule has 2 aromatic rings. The van der Waals surface area contributed by atoms with E-state index < -0.39 is 12.0 Å². The summed E-state index contributed by atoms with van der Waals surface area (Å²) in [7, 11) is 1.34. The molecule has 6 nitrogen and oxygen atoms in total. The molecule has 0 aliphatic heterocycles. The topological polar surface area (TPSA) is 75.7 Å². The van der Waals surface area contributed by atoms with Gasteiger partial charge >= 0.3 is 5.97 Å². The van der Waals surface area contributed by atoms with E-state index in [0.717, 1.165) is 53.9 Å². The SMILES string of the molecule is CCCCN(CC1CCCCC1)C(=O)Cc1ccc(C(=O)NC(CCSC)C(=O)OC)c(-c2ccccc2C)c1. The summed E-state index contributed by atoms with van der Waals surface area (Å²) in [5, 5.41) is 2.89. The number of hydrogen-bond acceptors (Lipinski definition) is 5. The molecule has 1 atom stereocenters. The smallest absolute Gasteiger partial charge is 0.328 e. The van der Waals surface area contributed by atoms with Gasteiger partial charge in [0.2, 0.25) is 5.91 Å². The zero-order valence-corrected chi connectivity index (χ0v) is 25.5. The van der Waals surface area contributed by atoms with Gasteiger partial charge in [-0.2, -0.15) is 11.8 Å². The third kappa shape index (κ3) is 9.12. The maximum absolute atomic E-state index is 13.6. The van der Waals surface area contributed by atoms with Crippen molar-refractivity contribution in [2.75, 3.05) is 32.2 Å². The summed E-state index contributed by atoms with van der Waals surface area (Å²) in [5.41, 5.74) is 4.10. The molecule has 0 spiro atoms. The van der Waals surface area contributed by atoms with Crippen molar-refractivity contribution < 1.29 is 19.1 Å². The first-order chi connectivity index (χ1) is 19.4. The number of carbonyl (C=O) groups excluding carboxylic acids is 3. The van der Waals surface area contributed by atoms with E-state index in [1.54, 1.807) is 17.8 Å². The maximum atomic E-state index is 13.6. The molecule has 1 unspecified atom stereocenters. The molecule has 0 bridgehead atoms. The van der Waals surface area contributed by atoms with Crippen molar-refractivity contribution in [1.29, 1.82) is 0 Å². The summed E-state index contributed by atoms with van der Waals surface area (Å²) in [6, 6.07) is 12.9. The number of thioether (sulfide) groups is 1. The molecule has 1 fully saturated rings. The Bertz CT molecular complexity index is 1130. The van der Waals surface area contributed by atoms with Crippen molar-refractivity contribution in [2.45, 2.75) is 77.7 Å². The van der Waals surface area contributed by atoms with Crippen LogP contribution in [0.4, 0.5) is 0 Å². The van der Waals surface area contributed by atoms with Crippen LogP contribution in [0, 0.1) is 12.8 Å². The Morgan fingerprint density at radius 2 is 1.82 bits per heavy atom. The Morgan fingerprint density at radius 1 is 1.07 bits per heavy atom. The zero-order chi connectivity index (χ0) is 28.9. The van der Waals surface area contributed by atoms with Crippen molar-refractivity contribution in [1.82, 2.24) is 10.2 Å². The average molecular weight is 567 g/mol. The number of aryl methyl sites for hydroxylation is 1.